The second-order valence-electron chi connectivity index (χ2n) is 2.51. The van der Waals surface area contributed by atoms with Gasteiger partial charge in [-0.05, 0) is 12.8 Å². The molecule has 0 amide bonds. The Morgan fingerprint density at radius 3 is 2.92 bits per heavy atom. The number of rotatable bonds is 5. The summed E-state index contributed by atoms with van der Waals surface area (Å²) in [5.41, 5.74) is 0. The lowest BCUT2D eigenvalue weighted by Gasteiger charge is -2.07. The molecule has 0 saturated carbocycles. The lowest BCUT2D eigenvalue weighted by Crippen LogP contribution is -2.09. The molecule has 4 nitrogen and oxygen atoms in total. The minimum Gasteiger partial charge on any atom is -0.610 e. The van der Waals surface area contributed by atoms with E-state index in [-0.39, 0.29) is 6.61 Å². The van der Waals surface area contributed by atoms with Gasteiger partial charge in [0.2, 0.25) is 5.03 Å². The monoisotopic (exact) mass is 199 g/mol. The molecular formula is C8H11N2O2S. The van der Waals surface area contributed by atoms with Crippen molar-refractivity contribution in [2.75, 3.05) is 12.4 Å². The summed E-state index contributed by atoms with van der Waals surface area (Å²) in [5, 5.41) is 10.7. The highest BCUT2D eigenvalue weighted by Crippen LogP contribution is 2.07. The third kappa shape index (κ3) is 3.71. The van der Waals surface area contributed by atoms with Gasteiger partial charge in [-0.3, -0.25) is 0 Å². The average molecular weight is 199 g/mol. The molecule has 5 heteroatoms. The number of hydrogen-bond donors (Lipinski definition) is 0. The lowest BCUT2D eigenvalue weighted by atomic mass is 10.4. The van der Waals surface area contributed by atoms with Gasteiger partial charge >= 0.3 is 0 Å². The molecule has 0 aromatic carbocycles. The first-order chi connectivity index (χ1) is 6.34. The van der Waals surface area contributed by atoms with Crippen molar-refractivity contribution in [3.63, 3.8) is 0 Å². The van der Waals surface area contributed by atoms with Crippen LogP contribution in [0.15, 0.2) is 23.6 Å². The Hall–Kier alpha value is -0.650. The summed E-state index contributed by atoms with van der Waals surface area (Å²) in [6, 6.07) is 1.63. The van der Waals surface area contributed by atoms with Gasteiger partial charge in [-0.25, -0.2) is 10.1 Å². The maximum absolute atomic E-state index is 11.4. The Bertz CT molecular complexity index is 233. The van der Waals surface area contributed by atoms with Crippen LogP contribution >= 0.6 is 0 Å². The van der Waals surface area contributed by atoms with E-state index in [1.165, 1.54) is 6.33 Å². The van der Waals surface area contributed by atoms with E-state index < -0.39 is 11.2 Å². The van der Waals surface area contributed by atoms with E-state index in [9.17, 15) is 9.66 Å². The van der Waals surface area contributed by atoms with Crippen molar-refractivity contribution >= 4 is 11.2 Å². The fourth-order valence-electron chi connectivity index (χ4n) is 0.853. The Kier molecular flexibility index (Phi) is 4.74. The summed E-state index contributed by atoms with van der Waals surface area (Å²) >= 11 is -1.07. The largest absolute Gasteiger partial charge is 0.610 e. The van der Waals surface area contributed by atoms with Crippen molar-refractivity contribution in [1.82, 2.24) is 9.97 Å². The van der Waals surface area contributed by atoms with Gasteiger partial charge in [-0.1, -0.05) is 0 Å². The van der Waals surface area contributed by atoms with Crippen LogP contribution in [0, 0.1) is 0 Å². The van der Waals surface area contributed by atoms with Gasteiger partial charge < -0.3 is 4.55 Å². The van der Waals surface area contributed by atoms with Crippen molar-refractivity contribution in [1.29, 1.82) is 0 Å². The second-order valence-corrected chi connectivity index (χ2v) is 4.03. The zero-order chi connectivity index (χ0) is 9.52. The highest BCUT2D eigenvalue weighted by Gasteiger charge is 2.10. The minimum atomic E-state index is -1.07. The minimum absolute atomic E-state index is 0.0963. The molecule has 71 valence electrons. The Morgan fingerprint density at radius 2 is 2.31 bits per heavy atom. The van der Waals surface area contributed by atoms with Crippen molar-refractivity contribution < 1.29 is 9.66 Å². The first kappa shape index (κ1) is 10.4. The van der Waals surface area contributed by atoms with Gasteiger partial charge in [0.15, 0.2) is 0 Å². The van der Waals surface area contributed by atoms with Crippen LogP contribution in [0.3, 0.4) is 0 Å². The Labute approximate surface area is 80.2 Å². The van der Waals surface area contributed by atoms with Crippen LogP contribution in [0.1, 0.15) is 12.8 Å². The first-order valence-electron chi connectivity index (χ1n) is 4.07. The molecule has 1 rings (SSSR count). The SMILES string of the molecule is [O]CCCC[S+]([O-])c1ccncn1. The zero-order valence-corrected chi connectivity index (χ0v) is 8.00. The van der Waals surface area contributed by atoms with Gasteiger partial charge in [0.05, 0.1) is 6.61 Å². The molecule has 1 radical (unpaired) electrons. The smallest absolute Gasteiger partial charge is 0.247 e. The van der Waals surface area contributed by atoms with Crippen LogP contribution in [-0.2, 0) is 16.3 Å². The van der Waals surface area contributed by atoms with Crippen molar-refractivity contribution in [2.45, 2.75) is 17.9 Å². The Balaban J connectivity index is 2.35. The van der Waals surface area contributed by atoms with E-state index in [0.717, 1.165) is 0 Å². The molecule has 1 aromatic heterocycles. The normalized spacial score (nSPS) is 12.8. The summed E-state index contributed by atoms with van der Waals surface area (Å²) in [6.45, 7) is -0.0963. The van der Waals surface area contributed by atoms with Crippen molar-refractivity contribution in [2.24, 2.45) is 0 Å². The Morgan fingerprint density at radius 1 is 1.46 bits per heavy atom. The molecule has 0 aliphatic carbocycles. The summed E-state index contributed by atoms with van der Waals surface area (Å²) in [4.78, 5) is 7.60. The second kappa shape index (κ2) is 5.90. The van der Waals surface area contributed by atoms with Gasteiger partial charge in [0, 0.05) is 23.4 Å². The molecule has 0 spiro atoms. The fourth-order valence-corrected chi connectivity index (χ4v) is 1.91. The van der Waals surface area contributed by atoms with E-state index in [1.807, 2.05) is 0 Å². The lowest BCUT2D eigenvalue weighted by molar-refractivity contribution is 0.188. The summed E-state index contributed by atoms with van der Waals surface area (Å²) < 4.78 is 11.4. The first-order valence-corrected chi connectivity index (χ1v) is 5.39. The average Bonchev–Trinajstić information content (AvgIpc) is 2.19. The third-order valence-corrected chi connectivity index (χ3v) is 2.88. The maximum atomic E-state index is 11.4. The molecule has 0 saturated heterocycles. The number of aromatic nitrogens is 2. The van der Waals surface area contributed by atoms with E-state index in [1.54, 1.807) is 12.3 Å². The molecular weight excluding hydrogens is 188 g/mol. The molecule has 1 heterocycles. The molecule has 0 fully saturated rings. The van der Waals surface area contributed by atoms with Crippen LogP contribution in [-0.4, -0.2) is 26.9 Å². The highest BCUT2D eigenvalue weighted by atomic mass is 32.2. The van der Waals surface area contributed by atoms with Crippen molar-refractivity contribution in [3.05, 3.63) is 18.6 Å². The van der Waals surface area contributed by atoms with E-state index >= 15 is 0 Å². The third-order valence-electron chi connectivity index (χ3n) is 1.51. The summed E-state index contributed by atoms with van der Waals surface area (Å²) in [7, 11) is 0. The fraction of sp³-hybridized carbons (Fsp3) is 0.500. The molecule has 0 bridgehead atoms. The van der Waals surface area contributed by atoms with Gasteiger partial charge in [-0.2, -0.15) is 4.98 Å². The predicted octanol–water partition coefficient (Wildman–Crippen LogP) is 0.795. The van der Waals surface area contributed by atoms with Crippen LogP contribution in [0.25, 0.3) is 0 Å². The van der Waals surface area contributed by atoms with Crippen LogP contribution in [0.2, 0.25) is 0 Å². The van der Waals surface area contributed by atoms with Crippen molar-refractivity contribution in [3.8, 4) is 0 Å². The standard InChI is InChI=1S/C8H11N2O2S/c11-5-1-2-6-13(12)8-3-4-9-7-10-8/h3-4,7H,1-2,5-6H2. The predicted molar refractivity (Wildman–Crippen MR) is 48.1 cm³/mol. The molecule has 1 aromatic rings. The highest BCUT2D eigenvalue weighted by molar-refractivity contribution is 7.91. The number of nitrogens with zero attached hydrogens (tertiary/aromatic N) is 2. The van der Waals surface area contributed by atoms with E-state index in [0.29, 0.717) is 23.6 Å². The molecule has 0 aliphatic rings. The molecule has 1 unspecified atom stereocenters. The van der Waals surface area contributed by atoms with Gasteiger partial charge in [0.25, 0.3) is 0 Å². The molecule has 0 aliphatic heterocycles. The van der Waals surface area contributed by atoms with Crippen LogP contribution < -0.4 is 0 Å². The summed E-state index contributed by atoms with van der Waals surface area (Å²) in [6.07, 6.45) is 4.21. The number of hydrogen-bond acceptors (Lipinski definition) is 3. The maximum Gasteiger partial charge on any atom is 0.247 e. The van der Waals surface area contributed by atoms with E-state index in [4.69, 9.17) is 0 Å². The summed E-state index contributed by atoms with van der Waals surface area (Å²) in [5.74, 6) is 0.513. The molecule has 0 N–H and O–H groups in total. The van der Waals surface area contributed by atoms with Crippen LogP contribution in [0.5, 0.6) is 0 Å². The van der Waals surface area contributed by atoms with Gasteiger partial charge in [-0.15, -0.1) is 0 Å². The molecule has 13 heavy (non-hydrogen) atoms. The zero-order valence-electron chi connectivity index (χ0n) is 7.18. The quantitative estimate of drug-likeness (QED) is 0.400. The topological polar surface area (TPSA) is 68.7 Å². The van der Waals surface area contributed by atoms with E-state index in [2.05, 4.69) is 9.97 Å². The molecule has 1 atom stereocenters. The number of unbranched alkanes of at least 4 members (excludes halogenated alkanes) is 1. The van der Waals surface area contributed by atoms with Crippen LogP contribution in [0.4, 0.5) is 0 Å². The van der Waals surface area contributed by atoms with Gasteiger partial charge in [0.1, 0.15) is 12.1 Å².